The number of likely N-dealkylation sites (tertiary alicyclic amines) is 1. The molecule has 1 aliphatic heterocycles. The summed E-state index contributed by atoms with van der Waals surface area (Å²) in [4.78, 5) is 28.2. The van der Waals surface area contributed by atoms with Gasteiger partial charge in [0.05, 0.1) is 18.3 Å². The van der Waals surface area contributed by atoms with Crippen molar-refractivity contribution in [3.8, 4) is 11.3 Å². The topological polar surface area (TPSA) is 79.7 Å². The van der Waals surface area contributed by atoms with Crippen LogP contribution < -0.4 is 0 Å². The molecule has 1 aromatic heterocycles. The number of carbonyl (C=O) groups is 2. The third-order valence-electron chi connectivity index (χ3n) is 5.72. The highest BCUT2D eigenvalue weighted by molar-refractivity contribution is 5.83. The smallest absolute Gasteiger partial charge is 0.475 e. The molecule has 2 aromatic rings. The van der Waals surface area contributed by atoms with Crippen molar-refractivity contribution < 1.29 is 37.0 Å². The Bertz CT molecular complexity index is 964. The fourth-order valence-electron chi connectivity index (χ4n) is 3.96. The first kappa shape index (κ1) is 24.6. The zero-order valence-corrected chi connectivity index (χ0v) is 17.9. The second-order valence-electron chi connectivity index (χ2n) is 8.02. The Morgan fingerprint density at radius 3 is 2.39 bits per heavy atom. The summed E-state index contributed by atoms with van der Waals surface area (Å²) in [7, 11) is 1.69. The van der Waals surface area contributed by atoms with E-state index in [9.17, 15) is 22.4 Å². The summed E-state index contributed by atoms with van der Waals surface area (Å²) in [6.45, 7) is 1.47. The summed E-state index contributed by atoms with van der Waals surface area (Å²) in [6.07, 6.45) is -0.240. The minimum Gasteiger partial charge on any atom is -0.475 e. The maximum absolute atomic E-state index is 13.0. The Labute approximate surface area is 188 Å². The lowest BCUT2D eigenvalue weighted by atomic mass is 10.1. The van der Waals surface area contributed by atoms with E-state index in [2.05, 4.69) is 4.98 Å². The normalized spacial score (nSPS) is 21.8. The van der Waals surface area contributed by atoms with Crippen LogP contribution in [0.2, 0.25) is 0 Å². The lowest BCUT2D eigenvalue weighted by Gasteiger charge is -2.24. The Morgan fingerprint density at radius 2 is 1.85 bits per heavy atom. The van der Waals surface area contributed by atoms with Gasteiger partial charge in [-0.2, -0.15) is 13.2 Å². The maximum atomic E-state index is 13.0. The lowest BCUT2D eigenvalue weighted by molar-refractivity contribution is -0.192. The van der Waals surface area contributed by atoms with Gasteiger partial charge in [-0.3, -0.25) is 9.78 Å². The monoisotopic (exact) mass is 468 g/mol. The summed E-state index contributed by atoms with van der Waals surface area (Å²) < 4.78 is 50.0. The zero-order chi connectivity index (χ0) is 24.2. The average molecular weight is 468 g/mol. The molecule has 1 N–H and O–H groups in total. The minimum absolute atomic E-state index is 0.0749. The number of methoxy groups -OCH3 is 1. The number of rotatable bonds is 5. The standard InChI is InChI=1S/C21H23FN2O2.C2HF3O2/c1-26-13-17-3-2-10-24(17)21(25)19-11-18(19)15-6-9-20(23-12-15)14-4-7-16(22)8-5-14;3-2(4,5)1(6)7/h4-9,12,17-19H,2-3,10-11,13H2,1H3;(H,6,7)/t17-,18?,19?;/m1./s1. The van der Waals surface area contributed by atoms with Gasteiger partial charge < -0.3 is 14.7 Å². The van der Waals surface area contributed by atoms with Gasteiger partial charge in [-0.1, -0.05) is 6.07 Å². The fourth-order valence-corrected chi connectivity index (χ4v) is 3.96. The lowest BCUT2D eigenvalue weighted by Crippen LogP contribution is -2.39. The van der Waals surface area contributed by atoms with Crippen LogP contribution in [0.1, 0.15) is 30.7 Å². The number of carboxylic acids is 1. The van der Waals surface area contributed by atoms with Crippen LogP contribution in [-0.2, 0) is 14.3 Å². The molecule has 1 aliphatic carbocycles. The first-order chi connectivity index (χ1) is 15.6. The Kier molecular flexibility index (Phi) is 7.68. The summed E-state index contributed by atoms with van der Waals surface area (Å²) in [5, 5.41) is 7.12. The van der Waals surface area contributed by atoms with Gasteiger partial charge in [-0.25, -0.2) is 9.18 Å². The van der Waals surface area contributed by atoms with E-state index >= 15 is 0 Å². The van der Waals surface area contributed by atoms with E-state index in [1.165, 1.54) is 12.1 Å². The van der Waals surface area contributed by atoms with Gasteiger partial charge >= 0.3 is 12.1 Å². The van der Waals surface area contributed by atoms with E-state index in [1.54, 1.807) is 19.2 Å². The molecule has 3 atom stereocenters. The number of hydrogen-bond donors (Lipinski definition) is 1. The van der Waals surface area contributed by atoms with Gasteiger partial charge in [0.1, 0.15) is 5.82 Å². The first-order valence-corrected chi connectivity index (χ1v) is 10.4. The summed E-state index contributed by atoms with van der Waals surface area (Å²) in [5.74, 6) is -2.41. The second kappa shape index (κ2) is 10.3. The summed E-state index contributed by atoms with van der Waals surface area (Å²) in [5.41, 5.74) is 2.81. The number of carboxylic acid groups (broad SMARTS) is 1. The van der Waals surface area contributed by atoms with Crippen molar-refractivity contribution in [1.29, 1.82) is 0 Å². The molecule has 4 rings (SSSR count). The molecular weight excluding hydrogens is 444 g/mol. The van der Waals surface area contributed by atoms with E-state index in [4.69, 9.17) is 14.6 Å². The molecule has 1 amide bonds. The van der Waals surface area contributed by atoms with Crippen LogP contribution in [0.4, 0.5) is 17.6 Å². The van der Waals surface area contributed by atoms with E-state index in [0.717, 1.165) is 42.6 Å². The second-order valence-corrected chi connectivity index (χ2v) is 8.02. The number of amides is 1. The molecular formula is C23H24F4N2O4. The Morgan fingerprint density at radius 1 is 1.18 bits per heavy atom. The van der Waals surface area contributed by atoms with Gasteiger partial charge in [0.25, 0.3) is 0 Å². The van der Waals surface area contributed by atoms with Gasteiger partial charge in [0.2, 0.25) is 5.91 Å². The number of aliphatic carboxylic acids is 1. The molecule has 10 heteroatoms. The van der Waals surface area contributed by atoms with E-state index in [-0.39, 0.29) is 29.6 Å². The minimum atomic E-state index is -5.08. The van der Waals surface area contributed by atoms with Crippen LogP contribution in [0.25, 0.3) is 11.3 Å². The number of benzene rings is 1. The van der Waals surface area contributed by atoms with Gasteiger partial charge in [0.15, 0.2) is 0 Å². The number of ether oxygens (including phenoxy) is 1. The Balaban J connectivity index is 0.000000383. The fraction of sp³-hybridized carbons (Fsp3) is 0.435. The number of halogens is 4. The van der Waals surface area contributed by atoms with Crippen molar-refractivity contribution in [2.24, 2.45) is 5.92 Å². The van der Waals surface area contributed by atoms with E-state index < -0.39 is 12.1 Å². The van der Waals surface area contributed by atoms with E-state index in [1.807, 2.05) is 23.2 Å². The van der Waals surface area contributed by atoms with Gasteiger partial charge in [-0.05, 0) is 61.1 Å². The molecule has 6 nitrogen and oxygen atoms in total. The first-order valence-electron chi connectivity index (χ1n) is 10.4. The largest absolute Gasteiger partial charge is 0.490 e. The van der Waals surface area contributed by atoms with Crippen molar-refractivity contribution in [2.75, 3.05) is 20.3 Å². The number of alkyl halides is 3. The number of nitrogens with zero attached hydrogens (tertiary/aromatic N) is 2. The predicted octanol–water partition coefficient (Wildman–Crippen LogP) is 4.26. The van der Waals surface area contributed by atoms with Crippen molar-refractivity contribution in [3.05, 3.63) is 54.0 Å². The quantitative estimate of drug-likeness (QED) is 0.664. The SMILES string of the molecule is COC[C@H]1CCCN1C(=O)C1CC1c1ccc(-c2ccc(F)cc2)nc1.O=C(O)C(F)(F)F. The van der Waals surface area contributed by atoms with Crippen LogP contribution >= 0.6 is 0 Å². The van der Waals surface area contributed by atoms with Crippen molar-refractivity contribution in [2.45, 2.75) is 37.4 Å². The van der Waals surface area contributed by atoms with Crippen LogP contribution in [0.3, 0.4) is 0 Å². The molecule has 178 valence electrons. The number of hydrogen-bond acceptors (Lipinski definition) is 4. The van der Waals surface area contributed by atoms with Crippen molar-refractivity contribution in [1.82, 2.24) is 9.88 Å². The molecule has 1 aromatic carbocycles. The highest BCUT2D eigenvalue weighted by Gasteiger charge is 2.47. The summed E-state index contributed by atoms with van der Waals surface area (Å²) in [6, 6.07) is 10.5. The highest BCUT2D eigenvalue weighted by Crippen LogP contribution is 2.49. The summed E-state index contributed by atoms with van der Waals surface area (Å²) >= 11 is 0. The van der Waals surface area contributed by atoms with Crippen LogP contribution in [-0.4, -0.2) is 59.3 Å². The number of pyridine rings is 1. The highest BCUT2D eigenvalue weighted by atomic mass is 19.4. The molecule has 0 radical (unpaired) electrons. The number of aromatic nitrogens is 1. The van der Waals surface area contributed by atoms with Crippen molar-refractivity contribution in [3.63, 3.8) is 0 Å². The molecule has 2 aliphatic rings. The third-order valence-corrected chi connectivity index (χ3v) is 5.72. The molecule has 2 unspecified atom stereocenters. The van der Waals surface area contributed by atoms with Crippen LogP contribution in [0, 0.1) is 11.7 Å². The maximum Gasteiger partial charge on any atom is 0.490 e. The molecule has 0 spiro atoms. The van der Waals surface area contributed by atoms with E-state index in [0.29, 0.717) is 6.61 Å². The molecule has 1 saturated heterocycles. The number of carbonyl (C=O) groups excluding carboxylic acids is 1. The zero-order valence-electron chi connectivity index (χ0n) is 17.9. The van der Waals surface area contributed by atoms with Gasteiger partial charge in [-0.15, -0.1) is 0 Å². The molecule has 33 heavy (non-hydrogen) atoms. The molecule has 1 saturated carbocycles. The molecule has 2 heterocycles. The van der Waals surface area contributed by atoms with Gasteiger partial charge in [0, 0.05) is 31.3 Å². The predicted molar refractivity (Wildman–Crippen MR) is 111 cm³/mol. The average Bonchev–Trinajstić information content (AvgIpc) is 3.45. The van der Waals surface area contributed by atoms with Crippen molar-refractivity contribution >= 4 is 11.9 Å². The molecule has 0 bridgehead atoms. The van der Waals surface area contributed by atoms with Crippen LogP contribution in [0.5, 0.6) is 0 Å². The van der Waals surface area contributed by atoms with Crippen LogP contribution in [0.15, 0.2) is 42.6 Å². The Hall–Kier alpha value is -3.01. The molecule has 2 fully saturated rings. The third kappa shape index (κ3) is 6.28.